The van der Waals surface area contributed by atoms with E-state index in [1.165, 1.54) is 48.5 Å². The van der Waals surface area contributed by atoms with Crippen molar-refractivity contribution in [3.05, 3.63) is 95.1 Å². The van der Waals surface area contributed by atoms with E-state index in [4.69, 9.17) is 56.8 Å². The fourth-order valence-corrected chi connectivity index (χ4v) is 9.14. The van der Waals surface area contributed by atoms with E-state index in [2.05, 4.69) is 16.0 Å². The van der Waals surface area contributed by atoms with Crippen LogP contribution in [0.3, 0.4) is 0 Å². The summed E-state index contributed by atoms with van der Waals surface area (Å²) in [6, 6.07) is 19.9. The molecule has 0 aliphatic carbocycles. The van der Waals surface area contributed by atoms with Gasteiger partial charge in [0.1, 0.15) is 43.0 Å². The van der Waals surface area contributed by atoms with Crippen LogP contribution in [0.15, 0.2) is 72.8 Å². The molecule has 3 aromatic rings. The van der Waals surface area contributed by atoms with Crippen LogP contribution in [0.4, 0.5) is 25.8 Å². The van der Waals surface area contributed by atoms with Crippen molar-refractivity contribution in [3.8, 4) is 0 Å². The Labute approximate surface area is 665 Å². The van der Waals surface area contributed by atoms with E-state index in [1.54, 1.807) is 60.7 Å². The second kappa shape index (κ2) is 52.2. The molecule has 110 heavy (non-hydrogen) atoms. The van der Waals surface area contributed by atoms with Gasteiger partial charge < -0.3 is 116 Å². The van der Waals surface area contributed by atoms with Crippen molar-refractivity contribution in [2.45, 2.75) is 171 Å². The van der Waals surface area contributed by atoms with Gasteiger partial charge in [0.05, 0.1) is 81.8 Å². The third-order valence-corrected chi connectivity index (χ3v) is 15.6. The van der Waals surface area contributed by atoms with Gasteiger partial charge in [-0.1, -0.05) is 63.1 Å². The highest BCUT2D eigenvalue weighted by atomic mass is 79.9. The number of Topliss-reactive ketones (excluding diaryl/α,β-unsaturated/α-hetero) is 2. The molecule has 3 aromatic carbocycles. The van der Waals surface area contributed by atoms with E-state index in [0.717, 1.165) is 50.4 Å². The number of ketones is 2. The highest BCUT2D eigenvalue weighted by molar-refractivity contribution is 6.05. The molecule has 0 bridgehead atoms. The van der Waals surface area contributed by atoms with Gasteiger partial charge in [-0.2, -0.15) is 0 Å². The predicted octanol–water partition coefficient (Wildman–Crippen LogP) is 3.20. The lowest BCUT2D eigenvalue weighted by molar-refractivity contribution is -0.870. The Morgan fingerprint density at radius 2 is 0.791 bits per heavy atom. The number of carbonyl (C=O) groups is 14. The summed E-state index contributed by atoms with van der Waals surface area (Å²) in [6.45, 7) is 14.6. The second-order valence-corrected chi connectivity index (χ2v) is 28.4. The lowest BCUT2D eigenvalue weighted by atomic mass is 9.93. The standard InChI is InChI=1S/C52H68N4O15.C25H44NO11.2BrH/c1-9-14-44(58)31-38-15-23-42(24-16-38)54-46(60)41-21-19-40(20-22-41)45(59)32-39-17-25-43(26-18-39)55-50(64)53-27-11-10-12-29-66-47(61)35(2)70-48(62)36(3)71-51(65)69-34-52(5,33-68-37(4)57)49(63)67-30-13-28-56(6,7)8;1-9-10-11-14-32-21(28)18(2)36-22(29)19(3)37-24(31)35-17-25(5,16-34-20(4)27)23(30)33-15-12-13-26(6,7)8;;/h15-26,35-36H,9-14,27-34H2,1-8H3,(H2-,53,54,55,60,64);18-19H,9-17H2,1-8H3;2*1H/q;+1;;/p-1. The molecular weight excluding hydrogens is 1570 g/mol. The topological polar surface area (TPSA) is 386 Å². The zero-order valence-electron chi connectivity index (χ0n) is 66.3. The highest BCUT2D eigenvalue weighted by Gasteiger charge is 2.41. The Kier molecular flexibility index (Phi) is 47.8. The van der Waals surface area contributed by atoms with Crippen LogP contribution >= 0.6 is 0 Å². The smallest absolute Gasteiger partial charge is 0.509 e. The average Bonchev–Trinajstić information content (AvgIpc) is 0.860. The van der Waals surface area contributed by atoms with Crippen LogP contribution in [-0.4, -0.2) is 232 Å². The van der Waals surface area contributed by atoms with Gasteiger partial charge in [0.15, 0.2) is 30.2 Å². The normalized spacial score (nSPS) is 13.0. The van der Waals surface area contributed by atoms with E-state index in [-0.39, 0.29) is 90.9 Å². The van der Waals surface area contributed by atoms with Gasteiger partial charge in [-0.05, 0) is 121 Å². The maximum absolute atomic E-state index is 13.0. The van der Waals surface area contributed by atoms with Gasteiger partial charge in [0.25, 0.3) is 5.91 Å². The van der Waals surface area contributed by atoms with E-state index in [9.17, 15) is 67.1 Å². The number of anilines is 2. The third kappa shape index (κ3) is 43.3. The van der Waals surface area contributed by atoms with Crippen molar-refractivity contribution in [2.24, 2.45) is 10.8 Å². The number of amides is 3. The number of quaternary nitrogens is 2. The number of benzene rings is 3. The van der Waals surface area contributed by atoms with Crippen LogP contribution in [-0.2, 0) is 113 Å². The Morgan fingerprint density at radius 1 is 0.409 bits per heavy atom. The lowest BCUT2D eigenvalue weighted by Crippen LogP contribution is -3.00. The molecule has 0 radical (unpaired) electrons. The molecule has 616 valence electrons. The first-order chi connectivity index (χ1) is 50.7. The third-order valence-electron chi connectivity index (χ3n) is 15.6. The highest BCUT2D eigenvalue weighted by Crippen LogP contribution is 2.24. The summed E-state index contributed by atoms with van der Waals surface area (Å²) in [5.41, 5.74) is 0.499. The minimum absolute atomic E-state index is 0. The van der Waals surface area contributed by atoms with Crippen molar-refractivity contribution in [2.75, 3.05) is 125 Å². The minimum Gasteiger partial charge on any atom is -1.00 e. The molecule has 0 saturated carbocycles. The number of nitrogens with zero attached hydrogens (tertiary/aromatic N) is 2. The van der Waals surface area contributed by atoms with Crippen LogP contribution < -0.4 is 49.9 Å². The van der Waals surface area contributed by atoms with Gasteiger partial charge in [0, 0.05) is 75.0 Å². The van der Waals surface area contributed by atoms with Crippen LogP contribution in [0.1, 0.15) is 165 Å². The molecule has 3 amide bonds. The van der Waals surface area contributed by atoms with E-state index in [0.29, 0.717) is 89.4 Å². The molecule has 0 spiro atoms. The van der Waals surface area contributed by atoms with Crippen LogP contribution in [0, 0.1) is 10.8 Å². The summed E-state index contributed by atoms with van der Waals surface area (Å²) >= 11 is 0. The first kappa shape index (κ1) is 101. The summed E-state index contributed by atoms with van der Waals surface area (Å²) in [6.07, 6.45) is -0.787. The Bertz CT molecular complexity index is 3440. The van der Waals surface area contributed by atoms with Crippen molar-refractivity contribution in [3.63, 3.8) is 0 Å². The number of ether oxygens (including phenoxy) is 12. The predicted molar refractivity (Wildman–Crippen MR) is 393 cm³/mol. The molecule has 0 heterocycles. The summed E-state index contributed by atoms with van der Waals surface area (Å²) in [5, 5.41) is 8.32. The zero-order chi connectivity index (χ0) is 81.2. The first-order valence-corrected chi connectivity index (χ1v) is 36.0. The van der Waals surface area contributed by atoms with Crippen molar-refractivity contribution >= 4 is 94.9 Å². The van der Waals surface area contributed by atoms with Gasteiger partial charge in [-0.3, -0.25) is 33.6 Å². The molecule has 0 fully saturated rings. The average molecular weight is 1680 g/mol. The number of rotatable bonds is 46. The van der Waals surface area contributed by atoms with Crippen molar-refractivity contribution < 1.29 is 167 Å². The van der Waals surface area contributed by atoms with Gasteiger partial charge >= 0.3 is 66.1 Å². The van der Waals surface area contributed by atoms with Gasteiger partial charge in [0.2, 0.25) is 0 Å². The fourth-order valence-electron chi connectivity index (χ4n) is 9.14. The van der Waals surface area contributed by atoms with Gasteiger partial charge in [-0.15, -0.1) is 0 Å². The number of urea groups is 1. The van der Waals surface area contributed by atoms with Crippen molar-refractivity contribution in [1.82, 2.24) is 5.32 Å². The van der Waals surface area contributed by atoms with E-state index >= 15 is 0 Å². The molecular formula is C77H113Br2N5O26. The molecule has 6 atom stereocenters. The number of nitrogens with one attached hydrogen (secondary N) is 3. The molecule has 6 unspecified atom stereocenters. The molecule has 33 heteroatoms. The maximum atomic E-state index is 13.0. The maximum Gasteiger partial charge on any atom is 0.509 e. The number of esters is 8. The van der Waals surface area contributed by atoms with Crippen LogP contribution in [0.25, 0.3) is 0 Å². The fraction of sp³-hybridized carbons (Fsp3) is 0.584. The van der Waals surface area contributed by atoms with Crippen LogP contribution in [0.5, 0.6) is 0 Å². The number of hydrogen-bond acceptors (Lipinski definition) is 26. The second-order valence-electron chi connectivity index (χ2n) is 28.4. The largest absolute Gasteiger partial charge is 1.00 e. The molecule has 31 nitrogen and oxygen atoms in total. The molecule has 0 saturated heterocycles. The van der Waals surface area contributed by atoms with E-state index in [1.807, 2.05) is 68.3 Å². The van der Waals surface area contributed by atoms with Crippen LogP contribution in [0.2, 0.25) is 0 Å². The Hall–Kier alpha value is -9.08. The van der Waals surface area contributed by atoms with Gasteiger partial charge in [-0.25, -0.2) is 33.6 Å². The SMILES string of the molecule is CCCC(=O)Cc1ccc(NC(=O)c2ccc(C(=O)Cc3ccc(NC(=O)NCCCCCOC(=O)C(C)OC(=O)C(C)OC(=O)OCC(C)(COC(C)=O)C(=O)OCCC[N+](C)(C)C)cc3)cc2)cc1.CCCCCOC(=O)C(C)OC(=O)C(C)OC(=O)OCC(C)(COC(C)=O)C(=O)OCCC[N+](C)(C)C.[Br-].[Br-]. The molecule has 0 aromatic heterocycles. The summed E-state index contributed by atoms with van der Waals surface area (Å²) in [5.74, 6) is -6.62. The molecule has 0 aliphatic heterocycles. The first-order valence-electron chi connectivity index (χ1n) is 36.0. The summed E-state index contributed by atoms with van der Waals surface area (Å²) in [4.78, 5) is 172. The number of unbranched alkanes of at least 4 members (excludes halogenated alkanes) is 4. The Balaban J connectivity index is 0.00000258. The zero-order valence-corrected chi connectivity index (χ0v) is 69.4. The quantitative estimate of drug-likeness (QED) is 0.0240. The number of hydrogen-bond donors (Lipinski definition) is 3. The molecule has 0 aliphatic rings. The van der Waals surface area contributed by atoms with Crippen molar-refractivity contribution in [1.29, 1.82) is 0 Å². The number of carbonyl (C=O) groups excluding carboxylic acids is 14. The van der Waals surface area contributed by atoms with E-state index < -0.39 is 121 Å². The minimum atomic E-state index is -1.56. The Morgan fingerprint density at radius 3 is 1.20 bits per heavy atom. The summed E-state index contributed by atoms with van der Waals surface area (Å²) in [7, 11) is 12.0. The monoisotopic (exact) mass is 1680 g/mol. The molecule has 3 rings (SSSR count). The number of halogens is 2. The lowest BCUT2D eigenvalue weighted by Gasteiger charge is -2.27. The summed E-state index contributed by atoms with van der Waals surface area (Å²) < 4.78 is 62.2. The molecule has 3 N–H and O–H groups in total.